The molecular weight excluding hydrogens is 412 g/mol. The molecule has 0 atom stereocenters. The van der Waals surface area contributed by atoms with Crippen LogP contribution in [0.5, 0.6) is 5.75 Å². The minimum absolute atomic E-state index is 0.152. The van der Waals surface area contributed by atoms with Crippen LogP contribution in [-0.2, 0) is 11.2 Å². The fourth-order valence-electron chi connectivity index (χ4n) is 3.41. The maximum Gasteiger partial charge on any atom is 0.257 e. The van der Waals surface area contributed by atoms with Gasteiger partial charge in [0.15, 0.2) is 0 Å². The molecule has 0 bridgehead atoms. The molecule has 1 aliphatic rings. The molecule has 0 saturated carbocycles. The van der Waals surface area contributed by atoms with Crippen LogP contribution < -0.4 is 10.3 Å². The summed E-state index contributed by atoms with van der Waals surface area (Å²) in [5.41, 5.74) is 1.88. The lowest BCUT2D eigenvalue weighted by Crippen LogP contribution is -2.38. The Balaban J connectivity index is 1.44. The lowest BCUT2D eigenvalue weighted by molar-refractivity contribution is 0.0322. The Labute approximate surface area is 185 Å². The summed E-state index contributed by atoms with van der Waals surface area (Å²) >= 11 is 1.54. The number of aliphatic imine (C=N–C) groups is 1. The minimum Gasteiger partial charge on any atom is -0.492 e. The van der Waals surface area contributed by atoms with Crippen molar-refractivity contribution in [3.8, 4) is 17.0 Å². The molecule has 3 aromatic rings. The molecule has 0 aliphatic carbocycles. The van der Waals surface area contributed by atoms with Gasteiger partial charge in [-0.3, -0.25) is 14.7 Å². The van der Waals surface area contributed by atoms with Crippen molar-refractivity contribution in [3.63, 3.8) is 0 Å². The number of hydrogen-bond acceptors (Lipinski definition) is 7. The van der Waals surface area contributed by atoms with E-state index >= 15 is 0 Å². The van der Waals surface area contributed by atoms with Gasteiger partial charge in [0, 0.05) is 49.9 Å². The van der Waals surface area contributed by atoms with Gasteiger partial charge in [-0.25, -0.2) is 4.98 Å². The molecule has 1 aliphatic heterocycles. The summed E-state index contributed by atoms with van der Waals surface area (Å²) in [6, 6.07) is 7.68. The first-order valence-corrected chi connectivity index (χ1v) is 11.3. The Kier molecular flexibility index (Phi) is 7.24. The molecule has 31 heavy (non-hydrogen) atoms. The first-order valence-electron chi connectivity index (χ1n) is 10.4. The van der Waals surface area contributed by atoms with Gasteiger partial charge in [-0.15, -0.1) is 11.3 Å². The standard InChI is InChI=1S/C23H26N4O3S/c1-2-24-7-3-4-22-25-21(16-31-22)19-14-17-5-6-18(15-20(17)26-23(19)28)30-13-10-27-8-11-29-12-9-27/h2-3,5-7,14-16H,4,8-13H2,1H3,(H,26,28)/b7-3-,24-2?. The van der Waals surface area contributed by atoms with Crippen LogP contribution in [0.1, 0.15) is 11.9 Å². The number of H-pyrrole nitrogens is 1. The molecule has 0 radical (unpaired) electrons. The van der Waals surface area contributed by atoms with Gasteiger partial charge in [-0.05, 0) is 30.5 Å². The van der Waals surface area contributed by atoms with Crippen molar-refractivity contribution in [2.45, 2.75) is 13.3 Å². The number of fused-ring (bicyclic) bond motifs is 1. The second kappa shape index (κ2) is 10.5. The van der Waals surface area contributed by atoms with E-state index in [1.165, 1.54) is 0 Å². The number of aromatic nitrogens is 2. The maximum absolute atomic E-state index is 12.7. The zero-order valence-corrected chi connectivity index (χ0v) is 18.4. The predicted molar refractivity (Wildman–Crippen MR) is 125 cm³/mol. The van der Waals surface area contributed by atoms with Crippen LogP contribution in [0.15, 0.2) is 51.7 Å². The third kappa shape index (κ3) is 5.66. The normalized spacial score (nSPS) is 15.4. The topological polar surface area (TPSA) is 79.8 Å². The van der Waals surface area contributed by atoms with Crippen molar-refractivity contribution < 1.29 is 9.47 Å². The van der Waals surface area contributed by atoms with Crippen molar-refractivity contribution >= 4 is 28.5 Å². The van der Waals surface area contributed by atoms with Gasteiger partial charge in [0.2, 0.25) is 0 Å². The van der Waals surface area contributed by atoms with Gasteiger partial charge < -0.3 is 14.5 Å². The maximum atomic E-state index is 12.7. The molecular formula is C23H26N4O3S. The highest BCUT2D eigenvalue weighted by molar-refractivity contribution is 7.10. The quantitative estimate of drug-likeness (QED) is 0.545. The SMILES string of the molecule is CC=N/C=C\Cc1nc(-c2cc3ccc(OCCN4CCOCC4)cc3[nH]c2=O)cs1. The molecule has 162 valence electrons. The van der Waals surface area contributed by atoms with Crippen molar-refractivity contribution in [3.05, 3.63) is 57.3 Å². The van der Waals surface area contributed by atoms with Crippen LogP contribution in [0.3, 0.4) is 0 Å². The van der Waals surface area contributed by atoms with Crippen molar-refractivity contribution in [1.29, 1.82) is 0 Å². The van der Waals surface area contributed by atoms with E-state index in [1.54, 1.807) is 23.8 Å². The molecule has 3 heterocycles. The van der Waals surface area contributed by atoms with E-state index in [9.17, 15) is 4.79 Å². The minimum atomic E-state index is -0.152. The molecule has 1 N–H and O–H groups in total. The number of benzene rings is 1. The average Bonchev–Trinajstić information content (AvgIpc) is 3.25. The van der Waals surface area contributed by atoms with Crippen LogP contribution in [0, 0.1) is 0 Å². The first-order chi connectivity index (χ1) is 15.2. The number of rotatable bonds is 8. The first kappa shape index (κ1) is 21.4. The van der Waals surface area contributed by atoms with E-state index in [4.69, 9.17) is 9.47 Å². The van der Waals surface area contributed by atoms with Gasteiger partial charge in [-0.2, -0.15) is 0 Å². The van der Waals surface area contributed by atoms with Crippen molar-refractivity contribution in [2.24, 2.45) is 4.99 Å². The molecule has 0 unspecified atom stereocenters. The number of allylic oxidation sites excluding steroid dienone is 1. The number of hydrogen-bond donors (Lipinski definition) is 1. The van der Waals surface area contributed by atoms with Gasteiger partial charge in [0.1, 0.15) is 12.4 Å². The summed E-state index contributed by atoms with van der Waals surface area (Å²) in [4.78, 5) is 26.6. The van der Waals surface area contributed by atoms with Gasteiger partial charge in [0.05, 0.1) is 35.0 Å². The van der Waals surface area contributed by atoms with E-state index in [2.05, 4.69) is 19.9 Å². The smallest absolute Gasteiger partial charge is 0.257 e. The van der Waals surface area contributed by atoms with Gasteiger partial charge >= 0.3 is 0 Å². The summed E-state index contributed by atoms with van der Waals surface area (Å²) in [6.45, 7) is 6.79. The van der Waals surface area contributed by atoms with Gasteiger partial charge in [-0.1, -0.05) is 6.08 Å². The highest BCUT2D eigenvalue weighted by Gasteiger charge is 2.12. The number of morpholine rings is 1. The number of pyridine rings is 1. The third-order valence-corrected chi connectivity index (χ3v) is 5.93. The summed E-state index contributed by atoms with van der Waals surface area (Å²) in [6.07, 6.45) is 6.13. The molecule has 0 amide bonds. The molecule has 8 heteroatoms. The number of aromatic amines is 1. The van der Waals surface area contributed by atoms with Crippen LogP contribution in [0.2, 0.25) is 0 Å². The summed E-state index contributed by atoms with van der Waals surface area (Å²) in [5, 5.41) is 3.81. The molecule has 4 rings (SSSR count). The Morgan fingerprint density at radius 2 is 2.19 bits per heavy atom. The van der Waals surface area contributed by atoms with E-state index in [0.717, 1.165) is 54.5 Å². The zero-order chi connectivity index (χ0) is 21.5. The Bertz CT molecular complexity index is 1130. The molecule has 1 saturated heterocycles. The lowest BCUT2D eigenvalue weighted by Gasteiger charge is -2.26. The Morgan fingerprint density at radius 1 is 1.32 bits per heavy atom. The number of nitrogens with one attached hydrogen (secondary N) is 1. The predicted octanol–water partition coefficient (Wildman–Crippen LogP) is 3.51. The number of nitrogens with zero attached hydrogens (tertiary/aromatic N) is 3. The summed E-state index contributed by atoms with van der Waals surface area (Å²) in [7, 11) is 0. The van der Waals surface area contributed by atoms with E-state index in [1.807, 2.05) is 42.6 Å². The molecule has 7 nitrogen and oxygen atoms in total. The van der Waals surface area contributed by atoms with E-state index < -0.39 is 0 Å². The second-order valence-electron chi connectivity index (χ2n) is 7.19. The lowest BCUT2D eigenvalue weighted by atomic mass is 10.1. The summed E-state index contributed by atoms with van der Waals surface area (Å²) in [5.74, 6) is 0.752. The van der Waals surface area contributed by atoms with E-state index in [-0.39, 0.29) is 5.56 Å². The average molecular weight is 439 g/mol. The van der Waals surface area contributed by atoms with Crippen LogP contribution in [0.25, 0.3) is 22.2 Å². The Hall–Kier alpha value is -2.81. The molecule has 0 spiro atoms. The van der Waals surface area contributed by atoms with Crippen molar-refractivity contribution in [2.75, 3.05) is 39.5 Å². The third-order valence-electron chi connectivity index (χ3n) is 5.06. The van der Waals surface area contributed by atoms with Crippen molar-refractivity contribution in [1.82, 2.24) is 14.9 Å². The number of ether oxygens (including phenoxy) is 2. The fourth-order valence-corrected chi connectivity index (χ4v) is 4.18. The largest absolute Gasteiger partial charge is 0.492 e. The van der Waals surface area contributed by atoms with Gasteiger partial charge in [0.25, 0.3) is 5.56 Å². The van der Waals surface area contributed by atoms with Crippen LogP contribution in [-0.4, -0.2) is 60.5 Å². The summed E-state index contributed by atoms with van der Waals surface area (Å²) < 4.78 is 11.3. The molecule has 2 aromatic heterocycles. The van der Waals surface area contributed by atoms with Crippen LogP contribution >= 0.6 is 11.3 Å². The van der Waals surface area contributed by atoms with E-state index in [0.29, 0.717) is 24.3 Å². The fraction of sp³-hybridized carbons (Fsp3) is 0.348. The highest BCUT2D eigenvalue weighted by Crippen LogP contribution is 2.24. The molecule has 1 fully saturated rings. The Morgan fingerprint density at radius 3 is 3.03 bits per heavy atom. The highest BCUT2D eigenvalue weighted by atomic mass is 32.1. The second-order valence-corrected chi connectivity index (χ2v) is 8.13. The number of thiazole rings is 1. The van der Waals surface area contributed by atoms with Crippen LogP contribution in [0.4, 0.5) is 0 Å². The molecule has 1 aromatic carbocycles. The zero-order valence-electron chi connectivity index (χ0n) is 17.5. The monoisotopic (exact) mass is 438 g/mol.